The fourth-order valence-electron chi connectivity index (χ4n) is 5.89. The highest BCUT2D eigenvalue weighted by Crippen LogP contribution is 2.57. The summed E-state index contributed by atoms with van der Waals surface area (Å²) in [6, 6.07) is 0. The van der Waals surface area contributed by atoms with Gasteiger partial charge in [-0.25, -0.2) is 0 Å². The summed E-state index contributed by atoms with van der Waals surface area (Å²) in [6.45, 7) is 4.00. The van der Waals surface area contributed by atoms with Crippen molar-refractivity contribution in [2.45, 2.75) is 58.8 Å². The van der Waals surface area contributed by atoms with Crippen molar-refractivity contribution in [1.82, 2.24) is 0 Å². The van der Waals surface area contributed by atoms with Gasteiger partial charge in [0, 0.05) is 4.88 Å². The molecule has 3 aliphatic rings. The Morgan fingerprint density at radius 2 is 1.69 bits per heavy atom. The lowest BCUT2D eigenvalue weighted by Gasteiger charge is -2.26. The second-order valence-corrected chi connectivity index (χ2v) is 9.86. The van der Waals surface area contributed by atoms with Crippen molar-refractivity contribution in [3.05, 3.63) is 27.2 Å². The number of carboxylic acids is 1. The molecule has 2 fully saturated rings. The molecule has 2 saturated carbocycles. The van der Waals surface area contributed by atoms with E-state index in [4.69, 9.17) is 5.73 Å². The van der Waals surface area contributed by atoms with Crippen LogP contribution in [0.4, 0.5) is 5.00 Å². The maximum atomic E-state index is 13.3. The molecule has 4 unspecified atom stereocenters. The molecular weight excluding hydrogens is 388 g/mol. The van der Waals surface area contributed by atoms with E-state index < -0.39 is 23.7 Å². The van der Waals surface area contributed by atoms with Gasteiger partial charge in [-0.15, -0.1) is 11.3 Å². The van der Waals surface area contributed by atoms with Crippen LogP contribution in [-0.4, -0.2) is 22.9 Å². The number of carbonyl (C=O) groups is 3. The third-order valence-corrected chi connectivity index (χ3v) is 8.12. The third-order valence-electron chi connectivity index (χ3n) is 6.91. The topological polar surface area (TPSA) is 109 Å². The SMILES string of the molecule is CC(C)=C1C2CCC1C(C(=O)Nc1sc3c(c1C(N)=O)CCCCC3)C2C(=O)O. The van der Waals surface area contributed by atoms with Gasteiger partial charge in [0.15, 0.2) is 0 Å². The van der Waals surface area contributed by atoms with Crippen LogP contribution in [0.5, 0.6) is 0 Å². The molecule has 1 aromatic rings. The zero-order chi connectivity index (χ0) is 20.9. The average molecular weight is 417 g/mol. The van der Waals surface area contributed by atoms with Crippen molar-refractivity contribution in [2.75, 3.05) is 5.32 Å². The number of primary amides is 1. The summed E-state index contributed by atoms with van der Waals surface area (Å²) in [5.41, 5.74) is 9.35. The number of nitrogens with one attached hydrogen (secondary N) is 1. The number of carboxylic acid groups (broad SMARTS) is 1. The number of rotatable bonds is 4. The molecule has 4 N–H and O–H groups in total. The predicted octanol–water partition coefficient (Wildman–Crippen LogP) is 3.75. The zero-order valence-electron chi connectivity index (χ0n) is 16.9. The van der Waals surface area contributed by atoms with Gasteiger partial charge < -0.3 is 16.2 Å². The number of allylic oxidation sites excluding steroid dienone is 2. The Morgan fingerprint density at radius 3 is 2.31 bits per heavy atom. The molecule has 29 heavy (non-hydrogen) atoms. The van der Waals surface area contributed by atoms with Crippen LogP contribution >= 0.6 is 11.3 Å². The van der Waals surface area contributed by atoms with Crippen LogP contribution in [0.25, 0.3) is 0 Å². The van der Waals surface area contributed by atoms with Crippen LogP contribution in [0.15, 0.2) is 11.1 Å². The number of aliphatic carboxylic acids is 1. The fraction of sp³-hybridized carbons (Fsp3) is 0.591. The maximum absolute atomic E-state index is 13.3. The van der Waals surface area contributed by atoms with Crippen LogP contribution in [0, 0.1) is 23.7 Å². The number of thiophene rings is 1. The van der Waals surface area contributed by atoms with Crippen molar-refractivity contribution >= 4 is 34.1 Å². The third kappa shape index (κ3) is 3.29. The zero-order valence-corrected chi connectivity index (χ0v) is 17.7. The number of amides is 2. The molecule has 0 aromatic carbocycles. The molecule has 1 aromatic heterocycles. The Balaban J connectivity index is 1.67. The molecule has 7 heteroatoms. The van der Waals surface area contributed by atoms with E-state index in [1.165, 1.54) is 11.3 Å². The van der Waals surface area contributed by atoms with Crippen molar-refractivity contribution in [3.63, 3.8) is 0 Å². The molecule has 0 aliphatic heterocycles. The van der Waals surface area contributed by atoms with Crippen LogP contribution in [0.1, 0.15) is 66.8 Å². The van der Waals surface area contributed by atoms with Gasteiger partial charge in [0.2, 0.25) is 5.91 Å². The minimum atomic E-state index is -0.909. The van der Waals surface area contributed by atoms with Crippen LogP contribution in [-0.2, 0) is 22.4 Å². The molecule has 6 nitrogen and oxygen atoms in total. The summed E-state index contributed by atoms with van der Waals surface area (Å²) in [5, 5.41) is 13.3. The molecule has 2 amide bonds. The Bertz CT molecular complexity index is 912. The van der Waals surface area contributed by atoms with Gasteiger partial charge in [-0.3, -0.25) is 14.4 Å². The van der Waals surface area contributed by atoms with E-state index in [2.05, 4.69) is 5.32 Å². The first-order valence-electron chi connectivity index (χ1n) is 10.5. The Morgan fingerprint density at radius 1 is 1.03 bits per heavy atom. The molecule has 4 atom stereocenters. The summed E-state index contributed by atoms with van der Waals surface area (Å²) >= 11 is 1.44. The Hall–Kier alpha value is -2.15. The van der Waals surface area contributed by atoms with Gasteiger partial charge in [0.25, 0.3) is 5.91 Å². The summed E-state index contributed by atoms with van der Waals surface area (Å²) < 4.78 is 0. The van der Waals surface area contributed by atoms with Gasteiger partial charge in [0.1, 0.15) is 5.00 Å². The van der Waals surface area contributed by atoms with Crippen molar-refractivity contribution in [1.29, 1.82) is 0 Å². The standard InChI is InChI=1S/C22H28N2O4S/c1-10(2)15-12-8-9-13(15)17(22(27)28)16(12)20(26)24-21-18(19(23)25)11-6-4-3-5-7-14(11)29-21/h12-13,16-17H,3-9H2,1-2H3,(H2,23,25)(H,24,26)(H,27,28). The first-order valence-corrected chi connectivity index (χ1v) is 11.3. The molecule has 2 bridgehead atoms. The van der Waals surface area contributed by atoms with E-state index in [9.17, 15) is 19.5 Å². The Labute approximate surface area is 174 Å². The number of carbonyl (C=O) groups excluding carboxylic acids is 2. The number of anilines is 1. The van der Waals surface area contributed by atoms with E-state index >= 15 is 0 Å². The predicted molar refractivity (Wildman–Crippen MR) is 112 cm³/mol. The van der Waals surface area contributed by atoms with Gasteiger partial charge >= 0.3 is 5.97 Å². The summed E-state index contributed by atoms with van der Waals surface area (Å²) in [4.78, 5) is 38.6. The van der Waals surface area contributed by atoms with Gasteiger partial charge in [-0.2, -0.15) is 0 Å². The van der Waals surface area contributed by atoms with E-state index in [1.807, 2.05) is 13.8 Å². The molecule has 156 valence electrons. The second-order valence-electron chi connectivity index (χ2n) is 8.76. The molecular formula is C22H28N2O4S. The summed E-state index contributed by atoms with van der Waals surface area (Å²) in [6.07, 6.45) is 6.56. The minimum Gasteiger partial charge on any atom is -0.481 e. The van der Waals surface area contributed by atoms with Crippen molar-refractivity contribution < 1.29 is 19.5 Å². The van der Waals surface area contributed by atoms with Crippen molar-refractivity contribution in [3.8, 4) is 0 Å². The monoisotopic (exact) mass is 416 g/mol. The smallest absolute Gasteiger partial charge is 0.307 e. The van der Waals surface area contributed by atoms with E-state index in [-0.39, 0.29) is 17.7 Å². The van der Waals surface area contributed by atoms with Gasteiger partial charge in [-0.1, -0.05) is 17.6 Å². The molecule has 0 radical (unpaired) electrons. The number of aryl methyl sites for hydroxylation is 1. The first-order chi connectivity index (χ1) is 13.8. The van der Waals surface area contributed by atoms with Gasteiger partial charge in [0.05, 0.1) is 17.4 Å². The lowest BCUT2D eigenvalue weighted by molar-refractivity contribution is -0.148. The highest BCUT2D eigenvalue weighted by atomic mass is 32.1. The number of hydrogen-bond donors (Lipinski definition) is 3. The number of fused-ring (bicyclic) bond motifs is 3. The lowest BCUT2D eigenvalue weighted by Crippen LogP contribution is -2.38. The molecule has 4 rings (SSSR count). The van der Waals surface area contributed by atoms with Crippen LogP contribution < -0.4 is 11.1 Å². The molecule has 1 heterocycles. The number of nitrogens with two attached hydrogens (primary N) is 1. The van der Waals surface area contributed by atoms with Crippen LogP contribution in [0.3, 0.4) is 0 Å². The van der Waals surface area contributed by atoms with Crippen molar-refractivity contribution in [2.24, 2.45) is 29.4 Å². The quantitative estimate of drug-likeness (QED) is 0.513. The minimum absolute atomic E-state index is 0.0269. The largest absolute Gasteiger partial charge is 0.481 e. The van der Waals surface area contributed by atoms with E-state index in [0.717, 1.165) is 66.5 Å². The normalized spacial score (nSPS) is 28.0. The number of hydrogen-bond acceptors (Lipinski definition) is 4. The van der Waals surface area contributed by atoms with Gasteiger partial charge in [-0.05, 0) is 69.8 Å². The van der Waals surface area contributed by atoms with E-state index in [1.54, 1.807) is 0 Å². The molecule has 0 saturated heterocycles. The summed E-state index contributed by atoms with van der Waals surface area (Å²) in [7, 11) is 0. The van der Waals surface area contributed by atoms with E-state index in [0.29, 0.717) is 10.6 Å². The summed E-state index contributed by atoms with van der Waals surface area (Å²) in [5.74, 6) is -3.11. The molecule has 0 spiro atoms. The highest BCUT2D eigenvalue weighted by molar-refractivity contribution is 7.17. The molecule has 3 aliphatic carbocycles. The second kappa shape index (κ2) is 7.59. The van der Waals surface area contributed by atoms with Crippen LogP contribution in [0.2, 0.25) is 0 Å². The first kappa shape index (κ1) is 20.1. The maximum Gasteiger partial charge on any atom is 0.307 e. The fourth-order valence-corrected chi connectivity index (χ4v) is 7.19. The Kier molecular flexibility index (Phi) is 5.27. The highest BCUT2D eigenvalue weighted by Gasteiger charge is 2.57. The lowest BCUT2D eigenvalue weighted by atomic mass is 9.78. The average Bonchev–Trinajstić information content (AvgIpc) is 3.26.